The lowest BCUT2D eigenvalue weighted by Crippen LogP contribution is -2.44. The van der Waals surface area contributed by atoms with Gasteiger partial charge in [0.15, 0.2) is 5.76 Å². The highest BCUT2D eigenvalue weighted by Gasteiger charge is 2.17. The predicted octanol–water partition coefficient (Wildman–Crippen LogP) is 2.26. The Morgan fingerprint density at radius 1 is 1.12 bits per heavy atom. The van der Waals surface area contributed by atoms with Crippen LogP contribution in [0.4, 0.5) is 0 Å². The molecule has 1 aromatic carbocycles. The number of hydrogen-bond acceptors (Lipinski definition) is 4. The highest BCUT2D eigenvalue weighted by molar-refractivity contribution is 5.95. The van der Waals surface area contributed by atoms with Gasteiger partial charge in [-0.1, -0.05) is 24.3 Å². The number of para-hydroxylation sites is 1. The van der Waals surface area contributed by atoms with Crippen molar-refractivity contribution in [3.05, 3.63) is 66.2 Å². The summed E-state index contributed by atoms with van der Waals surface area (Å²) < 4.78 is 4.99. The standard InChI is InChI=1S/C18H17N3O3/c1-12(20-18(23)16-7-4-10-24-16)17(22)19-11-14-9-8-13-5-2-3-6-15(13)21-14/h2-10,12H,11H2,1H3,(H,19,22)(H,20,23). The number of pyridine rings is 1. The number of fused-ring (bicyclic) bond motifs is 1. The third-order valence-corrected chi connectivity index (χ3v) is 3.59. The fraction of sp³-hybridized carbons (Fsp3) is 0.167. The molecular formula is C18H17N3O3. The van der Waals surface area contributed by atoms with Gasteiger partial charge in [0.2, 0.25) is 5.91 Å². The van der Waals surface area contributed by atoms with Gasteiger partial charge in [0.25, 0.3) is 5.91 Å². The van der Waals surface area contributed by atoms with Gasteiger partial charge in [0, 0.05) is 5.39 Å². The van der Waals surface area contributed by atoms with Crippen molar-refractivity contribution in [2.45, 2.75) is 19.5 Å². The Balaban J connectivity index is 1.56. The zero-order valence-corrected chi connectivity index (χ0v) is 13.2. The van der Waals surface area contributed by atoms with E-state index in [2.05, 4.69) is 15.6 Å². The van der Waals surface area contributed by atoms with Gasteiger partial charge in [0.1, 0.15) is 6.04 Å². The number of furan rings is 1. The van der Waals surface area contributed by atoms with E-state index in [1.54, 1.807) is 19.1 Å². The molecule has 2 heterocycles. The summed E-state index contributed by atoms with van der Waals surface area (Å²) in [6.07, 6.45) is 1.41. The average molecular weight is 323 g/mol. The summed E-state index contributed by atoms with van der Waals surface area (Å²) in [6.45, 7) is 1.91. The van der Waals surface area contributed by atoms with Crippen LogP contribution in [-0.2, 0) is 11.3 Å². The summed E-state index contributed by atoms with van der Waals surface area (Å²) in [7, 11) is 0. The van der Waals surface area contributed by atoms with Crippen molar-refractivity contribution in [2.75, 3.05) is 0 Å². The molecule has 0 aliphatic carbocycles. The van der Waals surface area contributed by atoms with Crippen molar-refractivity contribution >= 4 is 22.7 Å². The minimum absolute atomic E-state index is 0.172. The molecule has 2 N–H and O–H groups in total. The topological polar surface area (TPSA) is 84.2 Å². The lowest BCUT2D eigenvalue weighted by Gasteiger charge is -2.13. The van der Waals surface area contributed by atoms with Gasteiger partial charge in [0.05, 0.1) is 24.0 Å². The monoisotopic (exact) mass is 323 g/mol. The molecule has 122 valence electrons. The van der Waals surface area contributed by atoms with Crippen LogP contribution in [0.25, 0.3) is 10.9 Å². The van der Waals surface area contributed by atoms with E-state index in [-0.39, 0.29) is 11.7 Å². The van der Waals surface area contributed by atoms with E-state index in [4.69, 9.17) is 4.42 Å². The van der Waals surface area contributed by atoms with Gasteiger partial charge in [-0.2, -0.15) is 0 Å². The summed E-state index contributed by atoms with van der Waals surface area (Å²) in [6, 6.07) is 14.1. The minimum Gasteiger partial charge on any atom is -0.459 e. The Hall–Kier alpha value is -3.15. The van der Waals surface area contributed by atoms with E-state index >= 15 is 0 Å². The first-order chi connectivity index (χ1) is 11.6. The fourth-order valence-electron chi connectivity index (χ4n) is 2.28. The second kappa shape index (κ2) is 6.95. The van der Waals surface area contributed by atoms with Gasteiger partial charge < -0.3 is 15.1 Å². The van der Waals surface area contributed by atoms with Crippen LogP contribution in [0.2, 0.25) is 0 Å². The Morgan fingerprint density at radius 3 is 2.75 bits per heavy atom. The smallest absolute Gasteiger partial charge is 0.287 e. The fourth-order valence-corrected chi connectivity index (χ4v) is 2.28. The SMILES string of the molecule is CC(NC(=O)c1ccco1)C(=O)NCc1ccc2ccccc2n1. The zero-order chi connectivity index (χ0) is 16.9. The number of carbonyl (C=O) groups is 2. The van der Waals surface area contributed by atoms with Crippen LogP contribution in [0, 0.1) is 0 Å². The molecular weight excluding hydrogens is 306 g/mol. The van der Waals surface area contributed by atoms with Crippen molar-refractivity contribution < 1.29 is 14.0 Å². The van der Waals surface area contributed by atoms with Gasteiger partial charge in [-0.3, -0.25) is 14.6 Å². The molecule has 0 spiro atoms. The van der Waals surface area contributed by atoms with Crippen LogP contribution in [0.3, 0.4) is 0 Å². The van der Waals surface area contributed by atoms with Crippen molar-refractivity contribution in [2.24, 2.45) is 0 Å². The second-order valence-corrected chi connectivity index (χ2v) is 5.39. The number of carbonyl (C=O) groups excluding carboxylic acids is 2. The van der Waals surface area contributed by atoms with E-state index in [9.17, 15) is 9.59 Å². The van der Waals surface area contributed by atoms with Crippen LogP contribution in [-0.4, -0.2) is 22.8 Å². The lowest BCUT2D eigenvalue weighted by molar-refractivity contribution is -0.122. The number of nitrogens with zero attached hydrogens (tertiary/aromatic N) is 1. The van der Waals surface area contributed by atoms with E-state index in [1.807, 2.05) is 36.4 Å². The Labute approximate surface area is 138 Å². The third kappa shape index (κ3) is 3.60. The van der Waals surface area contributed by atoms with Crippen molar-refractivity contribution in [3.63, 3.8) is 0 Å². The van der Waals surface area contributed by atoms with E-state index in [0.717, 1.165) is 16.6 Å². The molecule has 0 fully saturated rings. The average Bonchev–Trinajstić information content (AvgIpc) is 3.14. The van der Waals surface area contributed by atoms with Crippen molar-refractivity contribution in [1.82, 2.24) is 15.6 Å². The maximum absolute atomic E-state index is 12.1. The van der Waals surface area contributed by atoms with Crippen molar-refractivity contribution in [3.8, 4) is 0 Å². The highest BCUT2D eigenvalue weighted by Crippen LogP contribution is 2.11. The molecule has 0 aliphatic rings. The predicted molar refractivity (Wildman–Crippen MR) is 89.2 cm³/mol. The molecule has 0 aliphatic heterocycles. The summed E-state index contributed by atoms with van der Waals surface area (Å²) >= 11 is 0. The zero-order valence-electron chi connectivity index (χ0n) is 13.2. The minimum atomic E-state index is -0.678. The first kappa shape index (κ1) is 15.7. The maximum atomic E-state index is 12.1. The molecule has 3 rings (SSSR count). The largest absolute Gasteiger partial charge is 0.459 e. The van der Waals surface area contributed by atoms with Gasteiger partial charge >= 0.3 is 0 Å². The maximum Gasteiger partial charge on any atom is 0.287 e. The first-order valence-electron chi connectivity index (χ1n) is 7.60. The molecule has 24 heavy (non-hydrogen) atoms. The van der Waals surface area contributed by atoms with E-state index in [0.29, 0.717) is 6.54 Å². The van der Waals surface area contributed by atoms with Crippen LogP contribution in [0.15, 0.2) is 59.2 Å². The highest BCUT2D eigenvalue weighted by atomic mass is 16.3. The summed E-state index contributed by atoms with van der Waals surface area (Å²) in [5.41, 5.74) is 1.63. The normalized spacial score (nSPS) is 11.9. The van der Waals surface area contributed by atoms with Crippen LogP contribution < -0.4 is 10.6 Å². The molecule has 0 radical (unpaired) electrons. The first-order valence-corrected chi connectivity index (χ1v) is 7.60. The van der Waals surface area contributed by atoms with Crippen LogP contribution >= 0.6 is 0 Å². The second-order valence-electron chi connectivity index (χ2n) is 5.39. The quantitative estimate of drug-likeness (QED) is 0.754. The Bertz CT molecular complexity index is 859. The third-order valence-electron chi connectivity index (χ3n) is 3.59. The van der Waals surface area contributed by atoms with Gasteiger partial charge in [-0.25, -0.2) is 0 Å². The molecule has 6 nitrogen and oxygen atoms in total. The van der Waals surface area contributed by atoms with Gasteiger partial charge in [-0.15, -0.1) is 0 Å². The molecule has 2 aromatic heterocycles. The summed E-state index contributed by atoms with van der Waals surface area (Å²) in [4.78, 5) is 28.4. The number of nitrogens with one attached hydrogen (secondary N) is 2. The van der Waals surface area contributed by atoms with Crippen LogP contribution in [0.5, 0.6) is 0 Å². The number of hydrogen-bond donors (Lipinski definition) is 2. The molecule has 0 bridgehead atoms. The molecule has 1 atom stereocenters. The number of aromatic nitrogens is 1. The number of amides is 2. The molecule has 1 unspecified atom stereocenters. The lowest BCUT2D eigenvalue weighted by atomic mass is 10.2. The van der Waals surface area contributed by atoms with Crippen LogP contribution in [0.1, 0.15) is 23.2 Å². The molecule has 6 heteroatoms. The Morgan fingerprint density at radius 2 is 1.96 bits per heavy atom. The summed E-state index contributed by atoms with van der Waals surface area (Å²) in [5, 5.41) is 6.40. The molecule has 3 aromatic rings. The number of rotatable bonds is 5. The Kier molecular flexibility index (Phi) is 4.56. The van der Waals surface area contributed by atoms with Crippen molar-refractivity contribution in [1.29, 1.82) is 0 Å². The summed E-state index contributed by atoms with van der Waals surface area (Å²) in [5.74, 6) is -0.540. The van der Waals surface area contributed by atoms with Gasteiger partial charge in [-0.05, 0) is 31.2 Å². The number of benzene rings is 1. The molecule has 0 saturated heterocycles. The van der Waals surface area contributed by atoms with E-state index in [1.165, 1.54) is 6.26 Å². The molecule has 2 amide bonds. The molecule has 0 saturated carbocycles. The van der Waals surface area contributed by atoms with E-state index < -0.39 is 11.9 Å².